The van der Waals surface area contributed by atoms with Gasteiger partial charge in [0.15, 0.2) is 5.82 Å². The molecule has 0 amide bonds. The lowest BCUT2D eigenvalue weighted by atomic mass is 10.2. The Kier molecular flexibility index (Phi) is 4.40. The first-order valence-corrected chi connectivity index (χ1v) is 7.61. The van der Waals surface area contributed by atoms with Gasteiger partial charge in [0.2, 0.25) is 0 Å². The van der Waals surface area contributed by atoms with Gasteiger partial charge in [0.25, 0.3) is 0 Å². The number of nitrogens with one attached hydrogen (secondary N) is 1. The van der Waals surface area contributed by atoms with E-state index in [1.807, 2.05) is 12.1 Å². The minimum absolute atomic E-state index is 0.795. The van der Waals surface area contributed by atoms with Crippen LogP contribution in [0.1, 0.15) is 19.0 Å². The van der Waals surface area contributed by atoms with Gasteiger partial charge < -0.3 is 10.2 Å². The van der Waals surface area contributed by atoms with Crippen molar-refractivity contribution >= 4 is 5.82 Å². The molecule has 1 aliphatic heterocycles. The summed E-state index contributed by atoms with van der Waals surface area (Å²) in [5.41, 5.74) is 2.11. The SMILES string of the molecule is CCc1cc(N2CCCNCC2)nc(-c2ccncc2)n1. The number of hydrogen-bond donors (Lipinski definition) is 1. The number of hydrogen-bond acceptors (Lipinski definition) is 5. The number of aryl methyl sites for hydroxylation is 1. The van der Waals surface area contributed by atoms with Crippen LogP contribution in [-0.2, 0) is 6.42 Å². The molecule has 0 saturated carbocycles. The summed E-state index contributed by atoms with van der Waals surface area (Å²) in [7, 11) is 0. The molecule has 2 aromatic rings. The van der Waals surface area contributed by atoms with Gasteiger partial charge in [0, 0.05) is 49.4 Å². The van der Waals surface area contributed by atoms with Crippen LogP contribution in [0.2, 0.25) is 0 Å². The van der Waals surface area contributed by atoms with Crippen molar-refractivity contribution in [1.29, 1.82) is 0 Å². The van der Waals surface area contributed by atoms with Crippen molar-refractivity contribution in [1.82, 2.24) is 20.3 Å². The first-order chi connectivity index (χ1) is 10.4. The lowest BCUT2D eigenvalue weighted by molar-refractivity contribution is 0.724. The number of rotatable bonds is 3. The highest BCUT2D eigenvalue weighted by Crippen LogP contribution is 2.20. The number of aromatic nitrogens is 3. The van der Waals surface area contributed by atoms with Crippen molar-refractivity contribution in [2.75, 3.05) is 31.1 Å². The Morgan fingerprint density at radius 3 is 2.81 bits per heavy atom. The Balaban J connectivity index is 1.96. The fraction of sp³-hybridized carbons (Fsp3) is 0.438. The molecule has 5 nitrogen and oxygen atoms in total. The first-order valence-electron chi connectivity index (χ1n) is 7.61. The summed E-state index contributed by atoms with van der Waals surface area (Å²) in [5.74, 6) is 1.83. The second-order valence-electron chi connectivity index (χ2n) is 5.22. The molecule has 2 aromatic heterocycles. The maximum absolute atomic E-state index is 4.78. The molecule has 110 valence electrons. The Morgan fingerprint density at radius 2 is 2.00 bits per heavy atom. The van der Waals surface area contributed by atoms with Gasteiger partial charge in [-0.2, -0.15) is 0 Å². The van der Waals surface area contributed by atoms with Crippen LogP contribution in [0.4, 0.5) is 5.82 Å². The Hall–Kier alpha value is -2.01. The highest BCUT2D eigenvalue weighted by Gasteiger charge is 2.14. The molecular formula is C16H21N5. The molecule has 3 heterocycles. The topological polar surface area (TPSA) is 53.9 Å². The van der Waals surface area contributed by atoms with Crippen LogP contribution in [0.5, 0.6) is 0 Å². The largest absolute Gasteiger partial charge is 0.355 e. The molecule has 0 aliphatic carbocycles. The van der Waals surface area contributed by atoms with Gasteiger partial charge in [-0.3, -0.25) is 4.98 Å². The summed E-state index contributed by atoms with van der Waals surface area (Å²) >= 11 is 0. The Labute approximate surface area is 125 Å². The van der Waals surface area contributed by atoms with Crippen molar-refractivity contribution in [2.45, 2.75) is 19.8 Å². The molecule has 0 bridgehead atoms. The van der Waals surface area contributed by atoms with Gasteiger partial charge in [-0.1, -0.05) is 6.92 Å². The third-order valence-corrected chi connectivity index (χ3v) is 3.73. The summed E-state index contributed by atoms with van der Waals surface area (Å²) < 4.78 is 0. The monoisotopic (exact) mass is 283 g/mol. The van der Waals surface area contributed by atoms with Crippen LogP contribution in [0.25, 0.3) is 11.4 Å². The third-order valence-electron chi connectivity index (χ3n) is 3.73. The van der Waals surface area contributed by atoms with E-state index in [9.17, 15) is 0 Å². The van der Waals surface area contributed by atoms with Gasteiger partial charge >= 0.3 is 0 Å². The predicted molar refractivity (Wildman–Crippen MR) is 84.3 cm³/mol. The highest BCUT2D eigenvalue weighted by molar-refractivity contribution is 5.57. The third kappa shape index (κ3) is 3.36. The van der Waals surface area contributed by atoms with E-state index in [-0.39, 0.29) is 0 Å². The molecule has 1 fully saturated rings. The average molecular weight is 283 g/mol. The standard InChI is InChI=1S/C16H21N5/c1-2-14-12-15(21-10-3-6-17-9-11-21)20-16(19-14)13-4-7-18-8-5-13/h4-5,7-8,12,17H,2-3,6,9-11H2,1H3. The van der Waals surface area contributed by atoms with E-state index in [0.717, 1.165) is 61.9 Å². The van der Waals surface area contributed by atoms with Crippen molar-refractivity contribution in [3.8, 4) is 11.4 Å². The fourth-order valence-electron chi connectivity index (χ4n) is 2.53. The maximum atomic E-state index is 4.78. The van der Waals surface area contributed by atoms with Crippen LogP contribution in [0.3, 0.4) is 0 Å². The van der Waals surface area contributed by atoms with Crippen molar-refractivity contribution < 1.29 is 0 Å². The van der Waals surface area contributed by atoms with E-state index in [2.05, 4.69) is 33.2 Å². The highest BCUT2D eigenvalue weighted by atomic mass is 15.2. The van der Waals surface area contributed by atoms with Crippen LogP contribution in [0, 0.1) is 0 Å². The predicted octanol–water partition coefficient (Wildman–Crippen LogP) is 1.90. The summed E-state index contributed by atoms with van der Waals surface area (Å²) in [6.07, 6.45) is 5.63. The normalized spacial score (nSPS) is 15.8. The van der Waals surface area contributed by atoms with E-state index in [0.29, 0.717) is 0 Å². The van der Waals surface area contributed by atoms with Crippen LogP contribution < -0.4 is 10.2 Å². The van der Waals surface area contributed by atoms with Crippen molar-refractivity contribution in [3.63, 3.8) is 0 Å². The second-order valence-corrected chi connectivity index (χ2v) is 5.22. The van der Waals surface area contributed by atoms with Crippen LogP contribution in [-0.4, -0.2) is 41.1 Å². The zero-order chi connectivity index (χ0) is 14.5. The molecule has 5 heteroatoms. The molecule has 0 spiro atoms. The molecule has 0 aromatic carbocycles. The van der Waals surface area contributed by atoms with E-state index in [1.165, 1.54) is 0 Å². The van der Waals surface area contributed by atoms with E-state index in [1.54, 1.807) is 12.4 Å². The summed E-state index contributed by atoms with van der Waals surface area (Å²) in [6, 6.07) is 6.04. The molecule has 0 radical (unpaired) electrons. The minimum Gasteiger partial charge on any atom is -0.355 e. The minimum atomic E-state index is 0.795. The Morgan fingerprint density at radius 1 is 1.14 bits per heavy atom. The van der Waals surface area contributed by atoms with Crippen molar-refractivity contribution in [3.05, 3.63) is 36.3 Å². The number of pyridine rings is 1. The van der Waals surface area contributed by atoms with Gasteiger partial charge in [-0.15, -0.1) is 0 Å². The van der Waals surface area contributed by atoms with E-state index >= 15 is 0 Å². The number of anilines is 1. The fourth-order valence-corrected chi connectivity index (χ4v) is 2.53. The lowest BCUT2D eigenvalue weighted by Gasteiger charge is -2.22. The quantitative estimate of drug-likeness (QED) is 0.932. The first kappa shape index (κ1) is 13.9. The number of nitrogens with zero attached hydrogens (tertiary/aromatic N) is 4. The van der Waals surface area contributed by atoms with Gasteiger partial charge in [-0.25, -0.2) is 9.97 Å². The molecule has 0 unspecified atom stereocenters. The molecule has 1 aliphatic rings. The molecule has 1 saturated heterocycles. The molecule has 21 heavy (non-hydrogen) atoms. The summed E-state index contributed by atoms with van der Waals surface area (Å²) in [5, 5.41) is 3.43. The second kappa shape index (κ2) is 6.63. The molecule has 1 N–H and O–H groups in total. The lowest BCUT2D eigenvalue weighted by Crippen LogP contribution is -2.29. The molecular weight excluding hydrogens is 262 g/mol. The van der Waals surface area contributed by atoms with Crippen LogP contribution >= 0.6 is 0 Å². The van der Waals surface area contributed by atoms with Gasteiger partial charge in [0.05, 0.1) is 0 Å². The summed E-state index contributed by atoms with van der Waals surface area (Å²) in [4.78, 5) is 15.9. The summed E-state index contributed by atoms with van der Waals surface area (Å²) in [6.45, 7) is 6.26. The van der Waals surface area contributed by atoms with E-state index < -0.39 is 0 Å². The maximum Gasteiger partial charge on any atom is 0.161 e. The molecule has 3 rings (SSSR count). The van der Waals surface area contributed by atoms with Gasteiger partial charge in [0.1, 0.15) is 5.82 Å². The van der Waals surface area contributed by atoms with Crippen LogP contribution in [0.15, 0.2) is 30.6 Å². The average Bonchev–Trinajstić information content (AvgIpc) is 2.84. The zero-order valence-electron chi connectivity index (χ0n) is 12.4. The smallest absolute Gasteiger partial charge is 0.161 e. The zero-order valence-corrected chi connectivity index (χ0v) is 12.4. The molecule has 0 atom stereocenters. The van der Waals surface area contributed by atoms with Gasteiger partial charge in [-0.05, 0) is 31.5 Å². The van der Waals surface area contributed by atoms with E-state index in [4.69, 9.17) is 4.98 Å². The Bertz CT molecular complexity index is 576. The van der Waals surface area contributed by atoms with Crippen molar-refractivity contribution in [2.24, 2.45) is 0 Å².